The van der Waals surface area contributed by atoms with Crippen LogP contribution in [0.3, 0.4) is 0 Å². The SMILES string of the molecule is Cl.[2H]C([2H])([2H])C([2H])([2H])NC(C)c1c[nH]c(=O)c2ccccc12. The van der Waals surface area contributed by atoms with E-state index in [9.17, 15) is 4.79 Å². The van der Waals surface area contributed by atoms with E-state index in [2.05, 4.69) is 10.3 Å². The molecule has 92 valence electrons. The Balaban J connectivity index is 0.00000242. The van der Waals surface area contributed by atoms with E-state index < -0.39 is 19.4 Å². The lowest BCUT2D eigenvalue weighted by atomic mass is 10.0. The van der Waals surface area contributed by atoms with Crippen LogP contribution >= 0.6 is 12.4 Å². The number of halogens is 1. The second-order valence-corrected chi connectivity index (χ2v) is 3.61. The number of H-pyrrole nitrogens is 1. The molecule has 0 aliphatic rings. The Morgan fingerprint density at radius 3 is 2.88 bits per heavy atom. The lowest BCUT2D eigenvalue weighted by Gasteiger charge is -2.14. The van der Waals surface area contributed by atoms with Gasteiger partial charge in [0.25, 0.3) is 5.56 Å². The summed E-state index contributed by atoms with van der Waals surface area (Å²) in [6.07, 6.45) is 1.48. The van der Waals surface area contributed by atoms with E-state index in [1.165, 1.54) is 6.20 Å². The monoisotopic (exact) mass is 257 g/mol. The Morgan fingerprint density at radius 1 is 1.47 bits per heavy atom. The van der Waals surface area contributed by atoms with Gasteiger partial charge in [0, 0.05) is 24.5 Å². The first kappa shape index (κ1) is 7.90. The number of pyridine rings is 1. The number of aromatic amines is 1. The van der Waals surface area contributed by atoms with Crippen LogP contribution in [0.5, 0.6) is 0 Å². The third-order valence-electron chi connectivity index (χ3n) is 2.60. The summed E-state index contributed by atoms with van der Waals surface area (Å²) < 4.78 is 36.9. The van der Waals surface area contributed by atoms with E-state index in [1.807, 2.05) is 0 Å². The van der Waals surface area contributed by atoms with Crippen LogP contribution in [0.15, 0.2) is 35.3 Å². The lowest BCUT2D eigenvalue weighted by Crippen LogP contribution is -2.19. The van der Waals surface area contributed by atoms with Crippen molar-refractivity contribution in [3.63, 3.8) is 0 Å². The normalized spacial score (nSPS) is 18.1. The van der Waals surface area contributed by atoms with Crippen molar-refractivity contribution in [1.29, 1.82) is 0 Å². The van der Waals surface area contributed by atoms with Crippen LogP contribution in [0, 0.1) is 0 Å². The lowest BCUT2D eigenvalue weighted by molar-refractivity contribution is 0.600. The molecule has 1 aromatic carbocycles. The molecule has 0 fully saturated rings. The first-order chi connectivity index (χ1) is 9.63. The van der Waals surface area contributed by atoms with Gasteiger partial charge in [-0.1, -0.05) is 25.1 Å². The van der Waals surface area contributed by atoms with Gasteiger partial charge in [-0.2, -0.15) is 0 Å². The smallest absolute Gasteiger partial charge is 0.255 e. The van der Waals surface area contributed by atoms with Crippen LogP contribution in [0.2, 0.25) is 0 Å². The van der Waals surface area contributed by atoms with Crippen LogP contribution in [0.4, 0.5) is 0 Å². The largest absolute Gasteiger partial charge is 0.328 e. The molecule has 2 aromatic rings. The summed E-state index contributed by atoms with van der Waals surface area (Å²) in [6.45, 7) is -3.65. The highest BCUT2D eigenvalue weighted by Gasteiger charge is 2.09. The van der Waals surface area contributed by atoms with Gasteiger partial charge < -0.3 is 10.3 Å². The standard InChI is InChI=1S/C13H16N2O.ClH/c1-3-14-9(2)12-8-15-13(16)11-7-5-4-6-10(11)12;/h4-9,14H,3H2,1-2H3,(H,15,16);1H/i1D3,3D2;. The molecule has 1 unspecified atom stereocenters. The summed E-state index contributed by atoms with van der Waals surface area (Å²) in [7, 11) is 0. The number of hydrogen-bond acceptors (Lipinski definition) is 2. The minimum Gasteiger partial charge on any atom is -0.328 e. The number of benzene rings is 1. The van der Waals surface area contributed by atoms with E-state index in [0.717, 1.165) is 0 Å². The Morgan fingerprint density at radius 2 is 2.18 bits per heavy atom. The van der Waals surface area contributed by atoms with Crippen molar-refractivity contribution in [2.75, 3.05) is 6.50 Å². The summed E-state index contributed by atoms with van der Waals surface area (Å²) in [4.78, 5) is 14.3. The quantitative estimate of drug-likeness (QED) is 0.888. The average Bonchev–Trinajstić information content (AvgIpc) is 2.37. The van der Waals surface area contributed by atoms with Gasteiger partial charge in [0.2, 0.25) is 0 Å². The fraction of sp³-hybridized carbons (Fsp3) is 0.308. The molecule has 0 aliphatic heterocycles. The zero-order valence-electron chi connectivity index (χ0n) is 14.3. The summed E-state index contributed by atoms with van der Waals surface area (Å²) in [5, 5.41) is 3.63. The molecule has 1 heterocycles. The minimum absolute atomic E-state index is 0. The maximum Gasteiger partial charge on any atom is 0.255 e. The molecule has 0 radical (unpaired) electrons. The zero-order valence-corrected chi connectivity index (χ0v) is 10.1. The van der Waals surface area contributed by atoms with Crippen molar-refractivity contribution in [3.05, 3.63) is 46.4 Å². The number of hydrogen-bond donors (Lipinski definition) is 2. The summed E-state index contributed by atoms with van der Waals surface area (Å²) >= 11 is 0. The van der Waals surface area contributed by atoms with Crippen molar-refractivity contribution < 1.29 is 6.85 Å². The van der Waals surface area contributed by atoms with Crippen molar-refractivity contribution >= 4 is 23.2 Å². The Bertz CT molecular complexity index is 713. The van der Waals surface area contributed by atoms with Crippen LogP contribution in [0.1, 0.15) is 32.2 Å². The highest BCUT2D eigenvalue weighted by Crippen LogP contribution is 2.20. The second-order valence-electron chi connectivity index (χ2n) is 3.61. The van der Waals surface area contributed by atoms with Crippen LogP contribution < -0.4 is 10.9 Å². The van der Waals surface area contributed by atoms with Crippen molar-refractivity contribution in [1.82, 2.24) is 10.3 Å². The molecule has 3 nitrogen and oxygen atoms in total. The van der Waals surface area contributed by atoms with Crippen molar-refractivity contribution in [2.45, 2.75) is 19.8 Å². The van der Waals surface area contributed by atoms with Gasteiger partial charge in [-0.15, -0.1) is 12.4 Å². The van der Waals surface area contributed by atoms with Gasteiger partial charge in [-0.3, -0.25) is 4.79 Å². The highest BCUT2D eigenvalue weighted by molar-refractivity contribution is 5.85. The molecule has 17 heavy (non-hydrogen) atoms. The maximum atomic E-state index is 11.8. The Hall–Kier alpha value is -1.32. The van der Waals surface area contributed by atoms with Gasteiger partial charge in [0.15, 0.2) is 0 Å². The molecule has 4 heteroatoms. The van der Waals surface area contributed by atoms with E-state index in [4.69, 9.17) is 6.85 Å². The molecule has 2 rings (SSSR count). The third-order valence-corrected chi connectivity index (χ3v) is 2.60. The van der Waals surface area contributed by atoms with Gasteiger partial charge in [0.05, 0.1) is 0 Å². The highest BCUT2D eigenvalue weighted by atomic mass is 35.5. The van der Waals surface area contributed by atoms with Crippen LogP contribution in [0.25, 0.3) is 10.8 Å². The van der Waals surface area contributed by atoms with Gasteiger partial charge in [-0.25, -0.2) is 0 Å². The molecular weight excluding hydrogens is 236 g/mol. The molecule has 0 aliphatic carbocycles. The summed E-state index contributed by atoms with van der Waals surface area (Å²) in [6, 6.07) is 6.35. The van der Waals surface area contributed by atoms with Crippen molar-refractivity contribution in [2.24, 2.45) is 0 Å². The summed E-state index contributed by atoms with van der Waals surface area (Å²) in [5.41, 5.74) is 0.402. The molecule has 0 saturated carbocycles. The molecule has 0 spiro atoms. The third kappa shape index (κ3) is 2.68. The molecule has 1 aromatic heterocycles. The Kier molecular flexibility index (Phi) is 2.72. The first-order valence-electron chi connectivity index (χ1n) is 7.51. The van der Waals surface area contributed by atoms with Gasteiger partial charge in [0.1, 0.15) is 0 Å². The fourth-order valence-electron chi connectivity index (χ4n) is 1.78. The molecule has 2 N–H and O–H groups in total. The first-order valence-corrected chi connectivity index (χ1v) is 5.01. The second kappa shape index (κ2) is 5.84. The molecule has 0 amide bonds. The van der Waals surface area contributed by atoms with Gasteiger partial charge in [-0.05, 0) is 30.4 Å². The fourth-order valence-corrected chi connectivity index (χ4v) is 1.78. The molecule has 1 atom stereocenters. The minimum atomic E-state index is -2.78. The van der Waals surface area contributed by atoms with Crippen LogP contribution in [-0.2, 0) is 0 Å². The van der Waals surface area contributed by atoms with Gasteiger partial charge >= 0.3 is 0 Å². The molecule has 0 bridgehead atoms. The number of nitrogens with one attached hydrogen (secondary N) is 2. The maximum absolute atomic E-state index is 11.8. The zero-order chi connectivity index (χ0) is 15.8. The van der Waals surface area contributed by atoms with E-state index in [0.29, 0.717) is 16.3 Å². The Labute approximate surface area is 114 Å². The summed E-state index contributed by atoms with van der Waals surface area (Å²) in [5.74, 6) is 0. The molecular formula is C13H17ClN2O. The number of aromatic nitrogens is 1. The number of rotatable bonds is 3. The number of fused-ring (bicyclic) bond motifs is 1. The predicted molar refractivity (Wildman–Crippen MR) is 73.9 cm³/mol. The van der Waals surface area contributed by atoms with Crippen molar-refractivity contribution in [3.8, 4) is 0 Å². The predicted octanol–water partition coefficient (Wildman–Crippen LogP) is 2.62. The molecule has 0 saturated heterocycles. The van der Waals surface area contributed by atoms with E-state index >= 15 is 0 Å². The topological polar surface area (TPSA) is 44.9 Å². The van der Waals surface area contributed by atoms with E-state index in [-0.39, 0.29) is 18.0 Å². The van der Waals surface area contributed by atoms with Crippen LogP contribution in [-0.4, -0.2) is 11.5 Å². The average molecular weight is 258 g/mol. The van der Waals surface area contributed by atoms with E-state index in [1.54, 1.807) is 31.2 Å².